The number of ether oxygens (including phenoxy) is 9. The molecular weight excluding hydrogens is 612 g/mol. The molecule has 46 heavy (non-hydrogen) atoms. The fraction of sp³-hybridized carbons (Fsp3) is 0.0968. The van der Waals surface area contributed by atoms with Crippen molar-refractivity contribution in [1.82, 2.24) is 0 Å². The molecule has 0 spiro atoms. The van der Waals surface area contributed by atoms with Gasteiger partial charge in [-0.25, -0.2) is 28.8 Å². The summed E-state index contributed by atoms with van der Waals surface area (Å²) in [6.45, 7) is 5.05. The maximum atomic E-state index is 12.7. The van der Waals surface area contributed by atoms with E-state index in [2.05, 4.69) is 32.1 Å². The summed E-state index contributed by atoms with van der Waals surface area (Å²) in [5, 5.41) is 0. The number of carbonyl (C=O) groups excluding carboxylic acids is 6. The minimum atomic E-state index is -1.15. The van der Waals surface area contributed by atoms with Crippen LogP contribution in [-0.4, -0.2) is 56.9 Å². The summed E-state index contributed by atoms with van der Waals surface area (Å²) in [7, 11) is 1.31. The van der Waals surface area contributed by atoms with Gasteiger partial charge in [-0.2, -0.15) is 0 Å². The fourth-order valence-corrected chi connectivity index (χ4v) is 3.08. The van der Waals surface area contributed by atoms with Crippen LogP contribution < -0.4 is 23.7 Å². The molecule has 0 aliphatic carbocycles. The number of methoxy groups -OCH3 is 1. The lowest BCUT2D eigenvalue weighted by molar-refractivity contribution is -0.147. The Morgan fingerprint density at radius 1 is 0.543 bits per heavy atom. The van der Waals surface area contributed by atoms with E-state index < -0.39 is 49.8 Å². The van der Waals surface area contributed by atoms with Crippen molar-refractivity contribution in [3.8, 4) is 28.7 Å². The van der Waals surface area contributed by atoms with E-state index in [-0.39, 0.29) is 39.9 Å². The van der Waals surface area contributed by atoms with Crippen molar-refractivity contribution in [3.63, 3.8) is 0 Å². The van der Waals surface area contributed by atoms with Crippen molar-refractivity contribution in [2.75, 3.05) is 20.7 Å². The number of carbonyl (C=O) groups is 6. The van der Waals surface area contributed by atoms with E-state index in [9.17, 15) is 28.8 Å². The molecule has 0 fully saturated rings. The van der Waals surface area contributed by atoms with Crippen LogP contribution in [0.4, 0.5) is 9.59 Å². The second kappa shape index (κ2) is 16.9. The molecule has 0 atom stereocenters. The van der Waals surface area contributed by atoms with Crippen molar-refractivity contribution in [2.45, 2.75) is 0 Å². The Bertz CT molecular complexity index is 1610. The molecule has 0 aliphatic rings. The second-order valence-corrected chi connectivity index (χ2v) is 8.20. The molecule has 3 aromatic carbocycles. The molecule has 0 saturated heterocycles. The smallest absolute Gasteiger partial charge is 0.493 e. The van der Waals surface area contributed by atoms with Crippen molar-refractivity contribution >= 4 is 36.2 Å². The average molecular weight is 637 g/mol. The zero-order valence-electron chi connectivity index (χ0n) is 24.0. The molecule has 15 heteroatoms. The van der Waals surface area contributed by atoms with E-state index in [1.54, 1.807) is 0 Å². The molecule has 0 saturated carbocycles. The van der Waals surface area contributed by atoms with Crippen LogP contribution in [0.3, 0.4) is 0 Å². The predicted octanol–water partition coefficient (Wildman–Crippen LogP) is 4.54. The number of hydrogen-bond acceptors (Lipinski definition) is 15. The Balaban J connectivity index is 1.53. The van der Waals surface area contributed by atoms with E-state index in [1.807, 2.05) is 0 Å². The van der Waals surface area contributed by atoms with Crippen LogP contribution in [0.1, 0.15) is 20.7 Å². The van der Waals surface area contributed by atoms with Gasteiger partial charge in [-0.1, -0.05) is 13.2 Å². The molecule has 15 nitrogen and oxygen atoms in total. The number of esters is 4. The Hall–Kier alpha value is -6.64. The standard InChI is InChI=1S/C31H24O15/c1-4-26(32)39-17-41-30(36)44-21-10-6-19(7-11-21)28(34)43-23-14-15-24(25(16-23)38-3)46-29(35)20-8-12-22(13-9-20)45-31(37)42-18-40-27(33)5-2/h4-16H,1-2,17-18H2,3H3. The van der Waals surface area contributed by atoms with Crippen molar-refractivity contribution in [3.05, 3.63) is 103 Å². The van der Waals surface area contributed by atoms with Gasteiger partial charge in [0.2, 0.25) is 13.6 Å². The first kappa shape index (κ1) is 33.9. The summed E-state index contributed by atoms with van der Waals surface area (Å²) in [6, 6.07) is 14.6. The Labute approximate surface area is 260 Å². The van der Waals surface area contributed by atoms with Crippen LogP contribution in [-0.2, 0) is 28.5 Å². The molecule has 0 N–H and O–H groups in total. The maximum absolute atomic E-state index is 12.7. The lowest BCUT2D eigenvalue weighted by Crippen LogP contribution is -2.15. The zero-order valence-corrected chi connectivity index (χ0v) is 24.0. The third kappa shape index (κ3) is 10.6. The molecule has 0 unspecified atom stereocenters. The molecule has 0 aliphatic heterocycles. The van der Waals surface area contributed by atoms with Gasteiger partial charge < -0.3 is 42.6 Å². The highest BCUT2D eigenvalue weighted by Crippen LogP contribution is 2.32. The lowest BCUT2D eigenvalue weighted by Gasteiger charge is -2.12. The first-order chi connectivity index (χ1) is 22.1. The van der Waals surface area contributed by atoms with Crippen LogP contribution >= 0.6 is 0 Å². The molecule has 238 valence electrons. The molecule has 0 aromatic heterocycles. The quantitative estimate of drug-likeness (QED) is 0.0836. The lowest BCUT2D eigenvalue weighted by atomic mass is 10.2. The fourth-order valence-electron chi connectivity index (χ4n) is 3.08. The highest BCUT2D eigenvalue weighted by molar-refractivity contribution is 5.92. The first-order valence-corrected chi connectivity index (χ1v) is 12.7. The highest BCUT2D eigenvalue weighted by Gasteiger charge is 2.17. The normalized spacial score (nSPS) is 9.85. The van der Waals surface area contributed by atoms with E-state index in [1.165, 1.54) is 73.8 Å². The first-order valence-electron chi connectivity index (χ1n) is 12.7. The number of rotatable bonds is 13. The summed E-state index contributed by atoms with van der Waals surface area (Å²) in [5.74, 6) is -2.89. The Kier molecular flexibility index (Phi) is 12.4. The van der Waals surface area contributed by atoms with Gasteiger partial charge >= 0.3 is 36.2 Å². The SMILES string of the molecule is C=CC(=O)OCOC(=O)Oc1ccc(C(=O)Oc2ccc(OC(=O)c3ccc(OC(=O)OCOC(=O)C=C)cc3)c(OC)c2)cc1. The molecule has 0 bridgehead atoms. The van der Waals surface area contributed by atoms with Gasteiger partial charge in [0.1, 0.15) is 17.2 Å². The van der Waals surface area contributed by atoms with Gasteiger partial charge in [-0.05, 0) is 60.7 Å². The number of hydrogen-bond donors (Lipinski definition) is 0. The Morgan fingerprint density at radius 3 is 1.41 bits per heavy atom. The van der Waals surface area contributed by atoms with Crippen LogP contribution in [0.2, 0.25) is 0 Å². The van der Waals surface area contributed by atoms with Gasteiger partial charge in [0, 0.05) is 18.2 Å². The number of benzene rings is 3. The van der Waals surface area contributed by atoms with Gasteiger partial charge in [-0.3, -0.25) is 0 Å². The third-order valence-electron chi connectivity index (χ3n) is 5.22. The van der Waals surface area contributed by atoms with Crippen LogP contribution in [0.25, 0.3) is 0 Å². The van der Waals surface area contributed by atoms with Gasteiger partial charge in [0.05, 0.1) is 18.2 Å². The highest BCUT2D eigenvalue weighted by atomic mass is 16.8. The van der Waals surface area contributed by atoms with E-state index >= 15 is 0 Å². The van der Waals surface area contributed by atoms with Gasteiger partial charge in [-0.15, -0.1) is 0 Å². The summed E-state index contributed by atoms with van der Waals surface area (Å²) >= 11 is 0. The van der Waals surface area contributed by atoms with Gasteiger partial charge in [0.15, 0.2) is 11.5 Å². The van der Waals surface area contributed by atoms with E-state index in [4.69, 9.17) is 23.7 Å². The molecule has 0 radical (unpaired) electrons. The minimum Gasteiger partial charge on any atom is -0.493 e. The van der Waals surface area contributed by atoms with Crippen LogP contribution in [0.15, 0.2) is 92.0 Å². The largest absolute Gasteiger partial charge is 0.516 e. The summed E-state index contributed by atoms with van der Waals surface area (Å²) in [6.07, 6.45) is -0.498. The summed E-state index contributed by atoms with van der Waals surface area (Å²) < 4.78 is 43.9. The van der Waals surface area contributed by atoms with Crippen molar-refractivity contribution in [1.29, 1.82) is 0 Å². The topological polar surface area (TPSA) is 185 Å². The monoisotopic (exact) mass is 636 g/mol. The molecular formula is C31H24O15. The molecule has 0 heterocycles. The zero-order chi connectivity index (χ0) is 33.5. The molecule has 0 amide bonds. The van der Waals surface area contributed by atoms with E-state index in [0.29, 0.717) is 0 Å². The summed E-state index contributed by atoms with van der Waals surface area (Å²) in [5.41, 5.74) is 0.196. The van der Waals surface area contributed by atoms with Gasteiger partial charge in [0.25, 0.3) is 0 Å². The van der Waals surface area contributed by atoms with Crippen molar-refractivity contribution in [2.24, 2.45) is 0 Å². The van der Waals surface area contributed by atoms with Crippen LogP contribution in [0.5, 0.6) is 28.7 Å². The average Bonchev–Trinajstić information content (AvgIpc) is 3.05. The summed E-state index contributed by atoms with van der Waals surface area (Å²) in [4.78, 5) is 70.5. The third-order valence-corrected chi connectivity index (χ3v) is 5.22. The molecule has 3 rings (SSSR count). The predicted molar refractivity (Wildman–Crippen MR) is 152 cm³/mol. The second-order valence-electron chi connectivity index (χ2n) is 8.20. The Morgan fingerprint density at radius 2 is 0.978 bits per heavy atom. The minimum absolute atomic E-state index is 0.0120. The van der Waals surface area contributed by atoms with Crippen LogP contribution in [0, 0.1) is 0 Å². The van der Waals surface area contributed by atoms with Crippen molar-refractivity contribution < 1.29 is 71.4 Å². The molecule has 3 aromatic rings. The maximum Gasteiger partial charge on any atom is 0.516 e. The van der Waals surface area contributed by atoms with E-state index in [0.717, 1.165) is 12.2 Å².